The van der Waals surface area contributed by atoms with Crippen LogP contribution in [-0.2, 0) is 40.0 Å². The number of hydroxylamine groups is 1. The largest absolute Gasteiger partial charge is 0.481 e. The van der Waals surface area contributed by atoms with Crippen LogP contribution in [0.3, 0.4) is 0 Å². The lowest BCUT2D eigenvalue weighted by Gasteiger charge is -2.27. The predicted molar refractivity (Wildman–Crippen MR) is 207 cm³/mol. The summed E-state index contributed by atoms with van der Waals surface area (Å²) in [5, 5.41) is 39.1. The maximum Gasteiger partial charge on any atom is 0.305 e. The van der Waals surface area contributed by atoms with Gasteiger partial charge in [0.2, 0.25) is 29.5 Å². The smallest absolute Gasteiger partial charge is 0.305 e. The second kappa shape index (κ2) is 24.8. The van der Waals surface area contributed by atoms with Crippen LogP contribution in [0.15, 0.2) is 54.6 Å². The molecule has 312 valence electrons. The van der Waals surface area contributed by atoms with Crippen molar-refractivity contribution in [2.45, 2.75) is 109 Å². The summed E-state index contributed by atoms with van der Waals surface area (Å²) in [6.07, 6.45) is 0.772. The van der Waals surface area contributed by atoms with Crippen molar-refractivity contribution in [1.29, 1.82) is 0 Å². The van der Waals surface area contributed by atoms with Crippen LogP contribution in [0.25, 0.3) is 0 Å². The number of ketones is 1. The number of aliphatic hydroxyl groups excluding tert-OH is 1. The Bertz CT molecular complexity index is 1670. The number of hydrogen-bond donors (Lipinski definition) is 9. The van der Waals surface area contributed by atoms with Gasteiger partial charge in [0.05, 0.1) is 12.3 Å². The fourth-order valence-electron chi connectivity index (χ4n) is 5.95. The van der Waals surface area contributed by atoms with Crippen LogP contribution < -0.4 is 32.5 Å². The van der Waals surface area contributed by atoms with E-state index in [9.17, 15) is 48.6 Å². The first-order chi connectivity index (χ1) is 27.1. The third kappa shape index (κ3) is 16.9. The molecule has 0 radical (unpaired) electrons. The molecule has 0 aliphatic carbocycles. The van der Waals surface area contributed by atoms with Crippen LogP contribution in [0.2, 0.25) is 0 Å². The van der Waals surface area contributed by atoms with Gasteiger partial charge in [-0.2, -0.15) is 0 Å². The average molecular weight is 797 g/mol. The first-order valence-electron chi connectivity index (χ1n) is 19.1. The SMILES string of the molecule is CCCCCC(=O)NCCCCC(NC(=O)[C@H](Cc1ccc(C(=O)c2ccccc2)cc1)NC(=O)[C@H](CC(=O)O)NC(=O)[C@H](CC(C)C)[C@H](O)C(=O)NO)C(N)=O. The van der Waals surface area contributed by atoms with Crippen molar-refractivity contribution < 1.29 is 53.8 Å². The molecule has 0 saturated carbocycles. The standard InChI is InChI=1S/C40H56N6O11/c1-4-5-7-15-32(47)42-20-11-10-14-29(36(41)52)43-38(54)30(22-25-16-18-27(19-17-25)34(50)26-12-8-6-9-13-26)45-39(55)31(23-33(48)49)44-37(53)28(21-24(2)3)35(51)40(56)46-57/h6,8-9,12-13,16-19,24,28-31,35,51,57H,4-5,7,10-11,14-15,20-23H2,1-3H3,(H2,41,52)(H,42,47)(H,43,54)(H,44,53)(H,45,55)(H,46,56)(H,48,49)/t28-,29?,30+,31+,35+/m1/s1. The molecule has 10 N–H and O–H groups in total. The zero-order valence-corrected chi connectivity index (χ0v) is 32.6. The van der Waals surface area contributed by atoms with E-state index in [1.165, 1.54) is 17.6 Å². The number of hydrogen-bond acceptors (Lipinski definition) is 10. The molecule has 2 aromatic carbocycles. The molecule has 0 saturated heterocycles. The molecule has 17 nitrogen and oxygen atoms in total. The molecule has 5 atom stereocenters. The van der Waals surface area contributed by atoms with E-state index >= 15 is 0 Å². The molecule has 1 unspecified atom stereocenters. The maximum absolute atomic E-state index is 13.8. The van der Waals surface area contributed by atoms with Gasteiger partial charge in [-0.25, -0.2) is 5.48 Å². The molecule has 0 aromatic heterocycles. The number of amides is 6. The quantitative estimate of drug-likeness (QED) is 0.0283. The maximum atomic E-state index is 13.8. The van der Waals surface area contributed by atoms with E-state index in [0.29, 0.717) is 42.5 Å². The van der Waals surface area contributed by atoms with Crippen LogP contribution >= 0.6 is 0 Å². The van der Waals surface area contributed by atoms with Gasteiger partial charge in [-0.15, -0.1) is 0 Å². The Kier molecular flexibility index (Phi) is 20.6. The fraction of sp³-hybridized carbons (Fsp3) is 0.500. The molecule has 0 heterocycles. The lowest BCUT2D eigenvalue weighted by molar-refractivity contribution is -0.148. The number of nitrogens with one attached hydrogen (secondary N) is 5. The topological polar surface area (TPSA) is 283 Å². The number of carboxylic acid groups (broad SMARTS) is 1. The summed E-state index contributed by atoms with van der Waals surface area (Å²) in [4.78, 5) is 102. The lowest BCUT2D eigenvalue weighted by atomic mass is 9.90. The van der Waals surface area contributed by atoms with Gasteiger partial charge < -0.3 is 37.2 Å². The van der Waals surface area contributed by atoms with E-state index in [4.69, 9.17) is 10.9 Å². The van der Waals surface area contributed by atoms with Crippen LogP contribution in [0.1, 0.15) is 100 Å². The van der Waals surface area contributed by atoms with Crippen molar-refractivity contribution in [3.8, 4) is 0 Å². The number of carboxylic acids is 1. The summed E-state index contributed by atoms with van der Waals surface area (Å²) in [7, 11) is 0. The fourth-order valence-corrected chi connectivity index (χ4v) is 5.95. The van der Waals surface area contributed by atoms with E-state index in [2.05, 4.69) is 21.3 Å². The van der Waals surface area contributed by atoms with E-state index in [1.54, 1.807) is 56.3 Å². The Morgan fingerprint density at radius 1 is 0.719 bits per heavy atom. The van der Waals surface area contributed by atoms with Gasteiger partial charge in [-0.1, -0.05) is 88.2 Å². The third-order valence-corrected chi connectivity index (χ3v) is 9.07. The number of carbonyl (C=O) groups excluding carboxylic acids is 7. The third-order valence-electron chi connectivity index (χ3n) is 9.07. The van der Waals surface area contributed by atoms with E-state index < -0.39 is 72.1 Å². The van der Waals surface area contributed by atoms with Crippen molar-refractivity contribution in [3.05, 3.63) is 71.3 Å². The van der Waals surface area contributed by atoms with Crippen LogP contribution in [0.4, 0.5) is 0 Å². The summed E-state index contributed by atoms with van der Waals surface area (Å²) in [5.41, 5.74) is 8.14. The molecule has 0 bridgehead atoms. The molecule has 0 aliphatic rings. The number of benzene rings is 2. The van der Waals surface area contributed by atoms with Crippen LogP contribution in [0.5, 0.6) is 0 Å². The zero-order chi connectivity index (χ0) is 42.5. The Morgan fingerprint density at radius 2 is 1.32 bits per heavy atom. The molecule has 57 heavy (non-hydrogen) atoms. The Hall–Kier alpha value is -5.68. The highest BCUT2D eigenvalue weighted by Crippen LogP contribution is 2.18. The van der Waals surface area contributed by atoms with Gasteiger partial charge in [0.1, 0.15) is 24.2 Å². The molecule has 2 rings (SSSR count). The highest BCUT2D eigenvalue weighted by Gasteiger charge is 2.36. The van der Waals surface area contributed by atoms with Crippen molar-refractivity contribution in [2.24, 2.45) is 17.6 Å². The minimum atomic E-state index is -2.05. The van der Waals surface area contributed by atoms with Gasteiger partial charge in [0.15, 0.2) is 5.78 Å². The monoisotopic (exact) mass is 796 g/mol. The highest BCUT2D eigenvalue weighted by molar-refractivity contribution is 6.09. The second-order valence-electron chi connectivity index (χ2n) is 14.2. The molecule has 17 heteroatoms. The molecular weight excluding hydrogens is 740 g/mol. The summed E-state index contributed by atoms with van der Waals surface area (Å²) in [6, 6.07) is 10.3. The first kappa shape index (κ1) is 47.5. The summed E-state index contributed by atoms with van der Waals surface area (Å²) >= 11 is 0. The molecule has 0 aliphatic heterocycles. The van der Waals surface area contributed by atoms with Crippen molar-refractivity contribution in [2.75, 3.05) is 6.54 Å². The molecule has 6 amide bonds. The highest BCUT2D eigenvalue weighted by atomic mass is 16.5. The predicted octanol–water partition coefficient (Wildman–Crippen LogP) is 1.27. The Balaban J connectivity index is 2.33. The van der Waals surface area contributed by atoms with Gasteiger partial charge >= 0.3 is 5.97 Å². The Labute approximate surface area is 331 Å². The number of unbranched alkanes of at least 4 members (excludes halogenated alkanes) is 3. The van der Waals surface area contributed by atoms with Crippen molar-refractivity contribution in [1.82, 2.24) is 26.7 Å². The number of aliphatic hydroxyl groups is 1. The molecule has 2 aromatic rings. The normalized spacial score (nSPS) is 13.6. The minimum Gasteiger partial charge on any atom is -0.481 e. The first-order valence-corrected chi connectivity index (χ1v) is 19.1. The molecular formula is C40H56N6O11. The number of aliphatic carboxylic acids is 1. The van der Waals surface area contributed by atoms with Crippen molar-refractivity contribution >= 4 is 47.2 Å². The van der Waals surface area contributed by atoms with Gasteiger partial charge in [0, 0.05) is 30.5 Å². The van der Waals surface area contributed by atoms with Gasteiger partial charge in [-0.05, 0) is 43.6 Å². The van der Waals surface area contributed by atoms with Crippen LogP contribution in [-0.4, -0.2) is 93.4 Å². The lowest BCUT2D eigenvalue weighted by Crippen LogP contribution is -2.58. The minimum absolute atomic E-state index is 0.0843. The summed E-state index contributed by atoms with van der Waals surface area (Å²) in [5.74, 6) is -8.80. The van der Waals surface area contributed by atoms with Gasteiger partial charge in [-0.3, -0.25) is 43.6 Å². The second-order valence-corrected chi connectivity index (χ2v) is 14.2. The summed E-state index contributed by atoms with van der Waals surface area (Å²) < 4.78 is 0. The molecule has 0 spiro atoms. The van der Waals surface area contributed by atoms with Crippen molar-refractivity contribution in [3.63, 3.8) is 0 Å². The Morgan fingerprint density at radius 3 is 1.89 bits per heavy atom. The van der Waals surface area contributed by atoms with Crippen LogP contribution in [0, 0.1) is 11.8 Å². The van der Waals surface area contributed by atoms with E-state index in [-0.39, 0.29) is 36.9 Å². The number of rotatable bonds is 26. The van der Waals surface area contributed by atoms with E-state index in [1.807, 2.05) is 6.92 Å². The number of nitrogens with two attached hydrogens (primary N) is 1. The average Bonchev–Trinajstić information content (AvgIpc) is 3.18. The van der Waals surface area contributed by atoms with Gasteiger partial charge in [0.25, 0.3) is 5.91 Å². The van der Waals surface area contributed by atoms with E-state index in [0.717, 1.165) is 19.3 Å². The zero-order valence-electron chi connectivity index (χ0n) is 32.6. The number of carbonyl (C=O) groups is 8. The number of primary amides is 1. The summed E-state index contributed by atoms with van der Waals surface area (Å²) in [6.45, 7) is 5.76. The molecule has 0 fully saturated rings.